The molecule has 1 aromatic carbocycles. The van der Waals surface area contributed by atoms with Crippen molar-refractivity contribution in [2.75, 3.05) is 0 Å². The number of hydrogen-bond donors (Lipinski definition) is 0. The van der Waals surface area contributed by atoms with Gasteiger partial charge in [-0.2, -0.15) is 0 Å². The van der Waals surface area contributed by atoms with Gasteiger partial charge in [-0.15, -0.1) is 0 Å². The van der Waals surface area contributed by atoms with Crippen LogP contribution >= 0.6 is 31.9 Å². The van der Waals surface area contributed by atoms with Gasteiger partial charge in [-0.25, -0.2) is 0 Å². The summed E-state index contributed by atoms with van der Waals surface area (Å²) in [5, 5.41) is 0. The van der Waals surface area contributed by atoms with Crippen LogP contribution < -0.4 is 0 Å². The van der Waals surface area contributed by atoms with Crippen molar-refractivity contribution in [3.63, 3.8) is 0 Å². The van der Waals surface area contributed by atoms with E-state index in [0.717, 1.165) is 0 Å². The summed E-state index contributed by atoms with van der Waals surface area (Å²) in [6, 6.07) is 9.36. The summed E-state index contributed by atoms with van der Waals surface area (Å²) < 4.78 is 2.78. The van der Waals surface area contributed by atoms with Crippen molar-refractivity contribution in [1.82, 2.24) is 0 Å². The summed E-state index contributed by atoms with van der Waals surface area (Å²) in [5.74, 6) is 2.39. The van der Waals surface area contributed by atoms with Gasteiger partial charge in [0, 0.05) is 23.7 Å². The quantitative estimate of drug-likeness (QED) is 0.457. The Bertz CT molecular complexity index is 738. The maximum Gasteiger partial charge on any atom is 0.00877 e. The van der Waals surface area contributed by atoms with E-state index in [1.165, 1.54) is 56.9 Å². The zero-order valence-corrected chi connectivity index (χ0v) is 16.7. The molecule has 0 aliphatic heterocycles. The van der Waals surface area contributed by atoms with Crippen molar-refractivity contribution >= 4 is 43.0 Å². The average molecular weight is 444 g/mol. The van der Waals surface area contributed by atoms with Crippen LogP contribution in [0.2, 0.25) is 0 Å². The van der Waals surface area contributed by atoms with Crippen LogP contribution in [0.5, 0.6) is 0 Å². The highest BCUT2D eigenvalue weighted by molar-refractivity contribution is 9.12. The van der Waals surface area contributed by atoms with Crippen molar-refractivity contribution in [2.24, 2.45) is 23.7 Å². The lowest BCUT2D eigenvalue weighted by Gasteiger charge is -2.34. The minimum absolute atomic E-state index is 0.596. The van der Waals surface area contributed by atoms with E-state index in [1.54, 1.807) is 0 Å². The van der Waals surface area contributed by atoms with Crippen LogP contribution in [-0.2, 0) is 0 Å². The SMILES string of the molecule is BrC1=CC2CCC1C=C2c1ccc(C2=CC3CCC2C=C3Br)cc1. The third kappa shape index (κ3) is 2.45. The second-order valence-electron chi connectivity index (χ2n) is 7.51. The molecule has 2 heteroatoms. The molecule has 0 nitrogen and oxygen atoms in total. The first kappa shape index (κ1) is 15.4. The van der Waals surface area contributed by atoms with Crippen LogP contribution in [0.1, 0.15) is 36.8 Å². The summed E-state index contributed by atoms with van der Waals surface area (Å²) >= 11 is 7.46. The maximum absolute atomic E-state index is 3.73. The first-order valence-electron chi connectivity index (χ1n) is 8.98. The second-order valence-corrected chi connectivity index (χ2v) is 9.34. The van der Waals surface area contributed by atoms with E-state index in [2.05, 4.69) is 80.4 Å². The molecule has 0 radical (unpaired) electrons. The molecule has 4 atom stereocenters. The van der Waals surface area contributed by atoms with Crippen LogP contribution in [-0.4, -0.2) is 0 Å². The number of hydrogen-bond acceptors (Lipinski definition) is 0. The van der Waals surface area contributed by atoms with Gasteiger partial charge in [0.2, 0.25) is 0 Å². The van der Waals surface area contributed by atoms with E-state index in [9.17, 15) is 0 Å². The van der Waals surface area contributed by atoms with Crippen LogP contribution in [0.4, 0.5) is 0 Å². The Labute approximate surface area is 160 Å². The zero-order chi connectivity index (χ0) is 16.3. The Balaban J connectivity index is 1.43. The van der Waals surface area contributed by atoms with Gasteiger partial charge in [0.1, 0.15) is 0 Å². The molecular weight excluding hydrogens is 424 g/mol. The zero-order valence-electron chi connectivity index (χ0n) is 13.5. The van der Waals surface area contributed by atoms with Gasteiger partial charge in [-0.05, 0) is 56.9 Å². The maximum atomic E-state index is 3.73. The van der Waals surface area contributed by atoms with Crippen molar-refractivity contribution < 1.29 is 0 Å². The highest BCUT2D eigenvalue weighted by Crippen LogP contribution is 2.47. The molecule has 24 heavy (non-hydrogen) atoms. The number of fused-ring (bicyclic) bond motifs is 2. The number of benzene rings is 1. The Morgan fingerprint density at radius 1 is 0.542 bits per heavy atom. The molecule has 0 N–H and O–H groups in total. The van der Waals surface area contributed by atoms with E-state index in [-0.39, 0.29) is 0 Å². The number of rotatable bonds is 2. The minimum atomic E-state index is 0.596. The highest BCUT2D eigenvalue weighted by atomic mass is 79.9. The topological polar surface area (TPSA) is 0 Å². The van der Waals surface area contributed by atoms with Crippen LogP contribution in [0.3, 0.4) is 0 Å². The molecule has 0 amide bonds. The first-order valence-corrected chi connectivity index (χ1v) is 10.6. The lowest BCUT2D eigenvalue weighted by Crippen LogP contribution is -2.19. The molecule has 6 aliphatic rings. The fourth-order valence-electron chi connectivity index (χ4n) is 4.77. The van der Waals surface area contributed by atoms with Gasteiger partial charge in [0.05, 0.1) is 0 Å². The summed E-state index contributed by atoms with van der Waals surface area (Å²) in [6.45, 7) is 0. The van der Waals surface area contributed by atoms with E-state index in [1.807, 2.05) is 0 Å². The molecule has 7 rings (SSSR count). The third-order valence-corrected chi connectivity index (χ3v) is 7.82. The van der Waals surface area contributed by atoms with Gasteiger partial charge in [-0.1, -0.05) is 80.4 Å². The van der Waals surface area contributed by atoms with Crippen molar-refractivity contribution in [3.8, 4) is 0 Å². The van der Waals surface area contributed by atoms with E-state index in [0.29, 0.717) is 23.7 Å². The molecule has 0 spiro atoms. The second kappa shape index (κ2) is 5.85. The Hall–Kier alpha value is -0.860. The van der Waals surface area contributed by atoms with Crippen molar-refractivity contribution in [2.45, 2.75) is 25.7 Å². The van der Waals surface area contributed by atoms with Gasteiger partial charge in [-0.3, -0.25) is 0 Å². The van der Waals surface area contributed by atoms with Crippen LogP contribution in [0.25, 0.3) is 11.1 Å². The number of allylic oxidation sites excluding steroid dienone is 8. The molecule has 4 bridgehead atoms. The molecule has 0 fully saturated rings. The fourth-order valence-corrected chi connectivity index (χ4v) is 6.13. The normalized spacial score (nSPS) is 33.8. The monoisotopic (exact) mass is 442 g/mol. The van der Waals surface area contributed by atoms with Gasteiger partial charge < -0.3 is 0 Å². The summed E-state index contributed by atoms with van der Waals surface area (Å²) in [6.07, 6.45) is 15.0. The predicted molar refractivity (Wildman–Crippen MR) is 109 cm³/mol. The molecule has 4 unspecified atom stereocenters. The summed E-state index contributed by atoms with van der Waals surface area (Å²) in [7, 11) is 0. The van der Waals surface area contributed by atoms with E-state index < -0.39 is 0 Å². The standard InChI is InChI=1S/C22H20Br2/c23-21-11-15-5-7-17(21)9-19(15)13-1-2-14(4-3-13)20-10-18-8-6-16(20)12-22(18)24/h1-4,9-12,15-18H,5-8H2. The minimum Gasteiger partial charge on any atom is -0.0721 e. The Kier molecular flexibility index (Phi) is 3.75. The summed E-state index contributed by atoms with van der Waals surface area (Å²) in [5.41, 5.74) is 5.87. The third-order valence-electron chi connectivity index (χ3n) is 6.12. The predicted octanol–water partition coefficient (Wildman–Crippen LogP) is 7.09. The number of halogens is 2. The van der Waals surface area contributed by atoms with Crippen molar-refractivity contribution in [1.29, 1.82) is 0 Å². The fraction of sp³-hybridized carbons (Fsp3) is 0.364. The van der Waals surface area contributed by atoms with Gasteiger partial charge >= 0.3 is 0 Å². The van der Waals surface area contributed by atoms with E-state index in [4.69, 9.17) is 0 Å². The molecular formula is C22H20Br2. The first-order chi connectivity index (χ1) is 11.7. The Morgan fingerprint density at radius 3 is 1.21 bits per heavy atom. The largest absolute Gasteiger partial charge is 0.0721 e. The molecule has 1 aromatic rings. The van der Waals surface area contributed by atoms with Crippen LogP contribution in [0, 0.1) is 23.7 Å². The average Bonchev–Trinajstić information content (AvgIpc) is 2.63. The molecule has 0 saturated heterocycles. The Morgan fingerprint density at radius 2 is 0.917 bits per heavy atom. The molecule has 0 heterocycles. The lowest BCUT2D eigenvalue weighted by molar-refractivity contribution is 0.537. The smallest absolute Gasteiger partial charge is 0.00877 e. The lowest BCUT2D eigenvalue weighted by atomic mass is 9.73. The summed E-state index contributed by atoms with van der Waals surface area (Å²) in [4.78, 5) is 0. The molecule has 0 aromatic heterocycles. The van der Waals surface area contributed by atoms with Gasteiger partial charge in [0.15, 0.2) is 0 Å². The highest BCUT2D eigenvalue weighted by Gasteiger charge is 2.31. The van der Waals surface area contributed by atoms with Crippen LogP contribution in [0.15, 0.2) is 57.5 Å². The molecule has 122 valence electrons. The van der Waals surface area contributed by atoms with E-state index >= 15 is 0 Å². The van der Waals surface area contributed by atoms with Gasteiger partial charge in [0.25, 0.3) is 0 Å². The molecule has 0 saturated carbocycles. The molecule has 6 aliphatic carbocycles. The van der Waals surface area contributed by atoms with Crippen molar-refractivity contribution in [3.05, 3.63) is 68.7 Å².